The van der Waals surface area contributed by atoms with Crippen molar-refractivity contribution in [2.75, 3.05) is 31.9 Å². The number of aromatic nitrogens is 3. The van der Waals surface area contributed by atoms with Gasteiger partial charge in [0.1, 0.15) is 5.75 Å². The summed E-state index contributed by atoms with van der Waals surface area (Å²) in [4.78, 5) is 24.9. The summed E-state index contributed by atoms with van der Waals surface area (Å²) in [6.07, 6.45) is 3.12. The topological polar surface area (TPSA) is 117 Å². The molecule has 0 aliphatic rings. The van der Waals surface area contributed by atoms with Crippen LogP contribution in [-0.2, 0) is 22.7 Å². The fourth-order valence-corrected chi connectivity index (χ4v) is 4.22. The van der Waals surface area contributed by atoms with Gasteiger partial charge in [0, 0.05) is 12.6 Å². The van der Waals surface area contributed by atoms with Crippen molar-refractivity contribution in [1.29, 1.82) is 0 Å². The number of nitrogens with zero attached hydrogens (tertiary/aromatic N) is 3. The maximum absolute atomic E-state index is 12.5. The summed E-state index contributed by atoms with van der Waals surface area (Å²) < 4.78 is 17.9. The van der Waals surface area contributed by atoms with Crippen molar-refractivity contribution in [1.82, 2.24) is 20.1 Å². The zero-order valence-corrected chi connectivity index (χ0v) is 22.1. The van der Waals surface area contributed by atoms with E-state index in [1.165, 1.54) is 17.8 Å². The molecule has 2 aromatic carbocycles. The zero-order valence-electron chi connectivity index (χ0n) is 21.3. The van der Waals surface area contributed by atoms with Crippen molar-refractivity contribution >= 4 is 35.3 Å². The van der Waals surface area contributed by atoms with Crippen LogP contribution in [0.25, 0.3) is 6.08 Å². The molecule has 0 atom stereocenters. The van der Waals surface area contributed by atoms with Crippen LogP contribution in [0, 0.1) is 0 Å². The third kappa shape index (κ3) is 7.74. The summed E-state index contributed by atoms with van der Waals surface area (Å²) in [6, 6.07) is 12.7. The van der Waals surface area contributed by atoms with E-state index >= 15 is 0 Å². The fraction of sp³-hybridized carbons (Fsp3) is 0.308. The van der Waals surface area contributed by atoms with E-state index in [1.54, 1.807) is 38.5 Å². The Kier molecular flexibility index (Phi) is 10.4. The molecular formula is C26H31N5O5S. The van der Waals surface area contributed by atoms with Gasteiger partial charge in [-0.3, -0.25) is 9.59 Å². The molecule has 1 aromatic heterocycles. The van der Waals surface area contributed by atoms with Gasteiger partial charge in [0.15, 0.2) is 22.5 Å². The van der Waals surface area contributed by atoms with Crippen LogP contribution >= 0.6 is 11.8 Å². The van der Waals surface area contributed by atoms with Crippen LogP contribution in [-0.4, -0.2) is 53.2 Å². The normalized spacial score (nSPS) is 10.8. The molecule has 11 heteroatoms. The number of nitrogens with one attached hydrogen (secondary N) is 2. The molecule has 0 aliphatic heterocycles. The van der Waals surface area contributed by atoms with Crippen LogP contribution in [0.4, 0.5) is 5.69 Å². The van der Waals surface area contributed by atoms with Crippen molar-refractivity contribution in [2.24, 2.45) is 0 Å². The van der Waals surface area contributed by atoms with Gasteiger partial charge >= 0.3 is 0 Å². The molecule has 2 N–H and O–H groups in total. The molecule has 0 unspecified atom stereocenters. The second-order valence-electron chi connectivity index (χ2n) is 7.57. The second-order valence-corrected chi connectivity index (χ2v) is 8.52. The number of rotatable bonds is 13. The van der Waals surface area contributed by atoms with Crippen LogP contribution in [0.3, 0.4) is 0 Å². The highest BCUT2D eigenvalue weighted by Gasteiger charge is 2.15. The van der Waals surface area contributed by atoms with Gasteiger partial charge in [-0.05, 0) is 49.8 Å². The smallest absolute Gasteiger partial charge is 0.244 e. The van der Waals surface area contributed by atoms with E-state index in [2.05, 4.69) is 20.8 Å². The number of amides is 2. The van der Waals surface area contributed by atoms with E-state index in [0.717, 1.165) is 5.56 Å². The molecule has 0 aliphatic carbocycles. The van der Waals surface area contributed by atoms with Crippen LogP contribution in [0.15, 0.2) is 53.7 Å². The lowest BCUT2D eigenvalue weighted by Gasteiger charge is -2.11. The van der Waals surface area contributed by atoms with E-state index in [9.17, 15) is 9.59 Å². The van der Waals surface area contributed by atoms with Crippen molar-refractivity contribution in [2.45, 2.75) is 32.1 Å². The van der Waals surface area contributed by atoms with Crippen molar-refractivity contribution in [3.63, 3.8) is 0 Å². The quantitative estimate of drug-likeness (QED) is 0.256. The average molecular weight is 526 g/mol. The predicted molar refractivity (Wildman–Crippen MR) is 143 cm³/mol. The van der Waals surface area contributed by atoms with E-state index in [-0.39, 0.29) is 24.1 Å². The third-order valence-electron chi connectivity index (χ3n) is 5.16. The number of ether oxygens (including phenoxy) is 3. The SMILES string of the molecule is CCOc1ccccc1NC(=O)CSc1nnc(CNC(=O)C=Cc2ccc(OC)c(OC)c2)n1CC. The number of hydrogen-bond acceptors (Lipinski definition) is 8. The molecular weight excluding hydrogens is 494 g/mol. The Hall–Kier alpha value is -3.99. The Morgan fingerprint density at radius 2 is 1.81 bits per heavy atom. The largest absolute Gasteiger partial charge is 0.493 e. The predicted octanol–water partition coefficient (Wildman–Crippen LogP) is 3.77. The molecule has 3 aromatic rings. The minimum atomic E-state index is -0.276. The molecule has 0 bridgehead atoms. The Bertz CT molecular complexity index is 1240. The fourth-order valence-electron chi connectivity index (χ4n) is 3.40. The van der Waals surface area contributed by atoms with E-state index in [1.807, 2.05) is 42.7 Å². The van der Waals surface area contributed by atoms with Crippen molar-refractivity contribution in [3.8, 4) is 17.2 Å². The number of benzene rings is 2. The standard InChI is InChI=1S/C26H31N5O5S/c1-5-31-23(16-27-24(32)14-12-18-11-13-21(34-3)22(15-18)35-4)29-30-26(31)37-17-25(33)28-19-9-7-8-10-20(19)36-6-2/h7-15H,5-6,16-17H2,1-4H3,(H,27,32)(H,28,33). The highest BCUT2D eigenvalue weighted by Crippen LogP contribution is 2.28. The van der Waals surface area contributed by atoms with Crippen LogP contribution in [0.5, 0.6) is 17.2 Å². The summed E-state index contributed by atoms with van der Waals surface area (Å²) in [5, 5.41) is 14.7. The first-order chi connectivity index (χ1) is 18.0. The zero-order chi connectivity index (χ0) is 26.6. The highest BCUT2D eigenvalue weighted by molar-refractivity contribution is 7.99. The first-order valence-corrected chi connectivity index (χ1v) is 12.7. The third-order valence-corrected chi connectivity index (χ3v) is 6.13. The number of thioether (sulfide) groups is 1. The first kappa shape index (κ1) is 27.6. The van der Waals surface area contributed by atoms with Crippen LogP contribution < -0.4 is 24.8 Å². The van der Waals surface area contributed by atoms with Crippen molar-refractivity contribution < 1.29 is 23.8 Å². The Morgan fingerprint density at radius 1 is 1.03 bits per heavy atom. The summed E-state index contributed by atoms with van der Waals surface area (Å²) in [5.74, 6) is 2.11. The summed E-state index contributed by atoms with van der Waals surface area (Å²) >= 11 is 1.27. The Balaban J connectivity index is 1.54. The maximum atomic E-state index is 12.5. The van der Waals surface area contributed by atoms with E-state index in [4.69, 9.17) is 14.2 Å². The minimum Gasteiger partial charge on any atom is -0.493 e. The van der Waals surface area contributed by atoms with E-state index in [0.29, 0.717) is 47.1 Å². The van der Waals surface area contributed by atoms with Crippen molar-refractivity contribution in [3.05, 3.63) is 59.9 Å². The van der Waals surface area contributed by atoms with Gasteiger partial charge < -0.3 is 29.4 Å². The molecule has 1 heterocycles. The number of hydrogen-bond donors (Lipinski definition) is 2. The number of carbonyl (C=O) groups is 2. The van der Waals surface area contributed by atoms with Gasteiger partial charge in [0.2, 0.25) is 11.8 Å². The lowest BCUT2D eigenvalue weighted by molar-refractivity contribution is -0.116. The Morgan fingerprint density at radius 3 is 2.54 bits per heavy atom. The molecule has 0 fully saturated rings. The van der Waals surface area contributed by atoms with Gasteiger partial charge in [-0.2, -0.15) is 0 Å². The highest BCUT2D eigenvalue weighted by atomic mass is 32.2. The maximum Gasteiger partial charge on any atom is 0.244 e. The summed E-state index contributed by atoms with van der Waals surface area (Å²) in [7, 11) is 3.13. The number of carbonyl (C=O) groups excluding carboxylic acids is 2. The minimum absolute atomic E-state index is 0.152. The molecule has 0 spiro atoms. The molecule has 0 radical (unpaired) electrons. The average Bonchev–Trinajstić information content (AvgIpc) is 3.32. The van der Waals surface area contributed by atoms with Gasteiger partial charge in [0.25, 0.3) is 0 Å². The number of methoxy groups -OCH3 is 2. The molecule has 0 saturated heterocycles. The number of anilines is 1. The summed E-state index contributed by atoms with van der Waals surface area (Å²) in [5.41, 5.74) is 1.42. The molecule has 196 valence electrons. The van der Waals surface area contributed by atoms with Gasteiger partial charge in [-0.15, -0.1) is 10.2 Å². The van der Waals surface area contributed by atoms with Gasteiger partial charge in [-0.25, -0.2) is 0 Å². The summed E-state index contributed by atoms with van der Waals surface area (Å²) in [6.45, 7) is 5.14. The lowest BCUT2D eigenvalue weighted by Crippen LogP contribution is -2.22. The lowest BCUT2D eigenvalue weighted by atomic mass is 10.2. The number of para-hydroxylation sites is 2. The molecule has 2 amide bonds. The molecule has 3 rings (SSSR count). The second kappa shape index (κ2) is 13.9. The monoisotopic (exact) mass is 525 g/mol. The first-order valence-electron chi connectivity index (χ1n) is 11.7. The Labute approximate surface area is 220 Å². The van der Waals surface area contributed by atoms with Gasteiger partial charge in [0.05, 0.1) is 38.8 Å². The molecule has 37 heavy (non-hydrogen) atoms. The van der Waals surface area contributed by atoms with Gasteiger partial charge in [-0.1, -0.05) is 30.0 Å². The van der Waals surface area contributed by atoms with Crippen LogP contribution in [0.2, 0.25) is 0 Å². The molecule has 0 saturated carbocycles. The molecule has 10 nitrogen and oxygen atoms in total. The van der Waals surface area contributed by atoms with E-state index < -0.39 is 0 Å². The van der Waals surface area contributed by atoms with Crippen LogP contribution in [0.1, 0.15) is 25.2 Å².